The maximum atomic E-state index is 5.20. The van der Waals surface area contributed by atoms with Crippen LogP contribution in [-0.2, 0) is 4.74 Å². The summed E-state index contributed by atoms with van der Waals surface area (Å²) in [4.78, 5) is 2.60. The van der Waals surface area contributed by atoms with Crippen molar-refractivity contribution in [3.8, 4) is 0 Å². The Balaban J connectivity index is 1.78. The zero-order chi connectivity index (χ0) is 9.31. The fourth-order valence-electron chi connectivity index (χ4n) is 2.03. The van der Waals surface area contributed by atoms with Crippen LogP contribution in [0.15, 0.2) is 0 Å². The lowest BCUT2D eigenvalue weighted by molar-refractivity contribution is -0.0468. The molecule has 2 saturated heterocycles. The highest BCUT2D eigenvalue weighted by Gasteiger charge is 2.29. The van der Waals surface area contributed by atoms with Crippen molar-refractivity contribution in [2.75, 3.05) is 38.6 Å². The van der Waals surface area contributed by atoms with Gasteiger partial charge in [-0.3, -0.25) is 0 Å². The molecule has 0 aromatic carbocycles. The Labute approximate surface area is 85.0 Å². The van der Waals surface area contributed by atoms with Gasteiger partial charge >= 0.3 is 0 Å². The smallest absolute Gasteiger partial charge is 0.0528 e. The molecule has 13 heavy (non-hydrogen) atoms. The minimum Gasteiger partial charge on any atom is -0.381 e. The molecule has 2 aliphatic rings. The fourth-order valence-corrected chi connectivity index (χ4v) is 3.20. The van der Waals surface area contributed by atoms with E-state index in [1.165, 1.54) is 25.4 Å². The Kier molecular flexibility index (Phi) is 2.86. The van der Waals surface area contributed by atoms with Gasteiger partial charge in [0.05, 0.1) is 13.2 Å². The number of nitrogens with zero attached hydrogens (tertiary/aromatic N) is 1. The Bertz CT molecular complexity index is 180. The van der Waals surface area contributed by atoms with Gasteiger partial charge in [0.2, 0.25) is 0 Å². The summed E-state index contributed by atoms with van der Waals surface area (Å²) in [5, 5.41) is 0. The first kappa shape index (κ1) is 9.81. The van der Waals surface area contributed by atoms with E-state index in [9.17, 15) is 0 Å². The van der Waals surface area contributed by atoms with E-state index in [1.807, 2.05) is 0 Å². The van der Waals surface area contributed by atoms with Crippen LogP contribution in [-0.4, -0.2) is 48.2 Å². The maximum absolute atomic E-state index is 5.20. The highest BCUT2D eigenvalue weighted by atomic mass is 32.2. The monoisotopic (exact) mass is 201 g/mol. The van der Waals surface area contributed by atoms with Crippen LogP contribution in [0.25, 0.3) is 0 Å². The Morgan fingerprint density at radius 1 is 1.46 bits per heavy atom. The third kappa shape index (κ3) is 2.61. The topological polar surface area (TPSA) is 12.5 Å². The lowest BCUT2D eigenvalue weighted by atomic mass is 10.1. The van der Waals surface area contributed by atoms with E-state index in [0.29, 0.717) is 4.75 Å². The molecule has 0 aliphatic carbocycles. The molecule has 0 spiro atoms. The minimum absolute atomic E-state index is 0.461. The quantitative estimate of drug-likeness (QED) is 0.671. The molecule has 2 rings (SSSR count). The number of ether oxygens (including phenoxy) is 1. The molecule has 2 heterocycles. The summed E-state index contributed by atoms with van der Waals surface area (Å²) in [7, 11) is 0. The number of hydrogen-bond donors (Lipinski definition) is 0. The minimum atomic E-state index is 0.461. The molecule has 0 unspecified atom stereocenters. The molecule has 76 valence electrons. The predicted molar refractivity (Wildman–Crippen MR) is 57.3 cm³/mol. The zero-order valence-corrected chi connectivity index (χ0v) is 9.40. The second-order valence-corrected chi connectivity index (χ2v) is 6.55. The van der Waals surface area contributed by atoms with Crippen LogP contribution in [0.3, 0.4) is 0 Å². The van der Waals surface area contributed by atoms with Crippen LogP contribution in [0.2, 0.25) is 0 Å². The third-order valence-electron chi connectivity index (χ3n) is 2.73. The second kappa shape index (κ2) is 3.79. The Morgan fingerprint density at radius 2 is 2.23 bits per heavy atom. The van der Waals surface area contributed by atoms with Crippen molar-refractivity contribution in [3.05, 3.63) is 0 Å². The highest BCUT2D eigenvalue weighted by molar-refractivity contribution is 8.00. The lowest BCUT2D eigenvalue weighted by Crippen LogP contribution is -2.48. The average Bonchev–Trinajstić information content (AvgIpc) is 1.95. The van der Waals surface area contributed by atoms with Gasteiger partial charge in [0.1, 0.15) is 0 Å². The van der Waals surface area contributed by atoms with Crippen molar-refractivity contribution in [2.45, 2.75) is 18.6 Å². The average molecular weight is 201 g/mol. The van der Waals surface area contributed by atoms with Crippen LogP contribution in [0, 0.1) is 5.92 Å². The molecule has 0 N–H and O–H groups in total. The summed E-state index contributed by atoms with van der Waals surface area (Å²) in [6, 6.07) is 0. The molecule has 2 fully saturated rings. The summed E-state index contributed by atoms with van der Waals surface area (Å²) in [5.41, 5.74) is 0. The first-order chi connectivity index (χ1) is 6.16. The summed E-state index contributed by atoms with van der Waals surface area (Å²) < 4.78 is 5.66. The van der Waals surface area contributed by atoms with Gasteiger partial charge in [0.15, 0.2) is 0 Å². The third-order valence-corrected chi connectivity index (χ3v) is 4.03. The molecule has 0 aromatic heterocycles. The van der Waals surface area contributed by atoms with Crippen molar-refractivity contribution >= 4 is 11.8 Å². The summed E-state index contributed by atoms with van der Waals surface area (Å²) in [6.45, 7) is 10.4. The van der Waals surface area contributed by atoms with Crippen LogP contribution < -0.4 is 0 Å². The van der Waals surface area contributed by atoms with Crippen molar-refractivity contribution in [1.29, 1.82) is 0 Å². The van der Waals surface area contributed by atoms with E-state index < -0.39 is 0 Å². The first-order valence-corrected chi connectivity index (χ1v) is 6.08. The lowest BCUT2D eigenvalue weighted by Gasteiger charge is -2.40. The maximum Gasteiger partial charge on any atom is 0.0528 e. The molecular weight excluding hydrogens is 182 g/mol. The van der Waals surface area contributed by atoms with Gasteiger partial charge in [0.25, 0.3) is 0 Å². The molecule has 0 radical (unpaired) electrons. The van der Waals surface area contributed by atoms with Gasteiger partial charge in [-0.2, -0.15) is 11.8 Å². The van der Waals surface area contributed by atoms with Gasteiger partial charge in [0, 0.05) is 36.1 Å². The van der Waals surface area contributed by atoms with Crippen molar-refractivity contribution in [3.63, 3.8) is 0 Å². The Morgan fingerprint density at radius 3 is 2.77 bits per heavy atom. The highest BCUT2D eigenvalue weighted by Crippen LogP contribution is 2.30. The fraction of sp³-hybridized carbons (Fsp3) is 1.00. The molecule has 0 bridgehead atoms. The van der Waals surface area contributed by atoms with E-state index in [2.05, 4.69) is 30.5 Å². The van der Waals surface area contributed by atoms with E-state index in [1.54, 1.807) is 0 Å². The van der Waals surface area contributed by atoms with Gasteiger partial charge in [-0.25, -0.2) is 0 Å². The molecular formula is C10H19NOS. The predicted octanol–water partition coefficient (Wildman–Crippen LogP) is 1.46. The van der Waals surface area contributed by atoms with Crippen LogP contribution in [0.5, 0.6) is 0 Å². The van der Waals surface area contributed by atoms with Gasteiger partial charge < -0.3 is 9.64 Å². The first-order valence-electron chi connectivity index (χ1n) is 5.10. The molecule has 0 amide bonds. The van der Waals surface area contributed by atoms with Crippen LogP contribution in [0.4, 0.5) is 0 Å². The van der Waals surface area contributed by atoms with E-state index >= 15 is 0 Å². The number of hydrogen-bond acceptors (Lipinski definition) is 3. The normalized spacial score (nSPS) is 30.0. The van der Waals surface area contributed by atoms with Gasteiger partial charge in [-0.05, 0) is 13.8 Å². The SMILES string of the molecule is CC1(C)CN(CC2COC2)CCS1. The van der Waals surface area contributed by atoms with E-state index in [0.717, 1.165) is 19.1 Å². The van der Waals surface area contributed by atoms with Gasteiger partial charge in [-0.15, -0.1) is 0 Å². The molecule has 2 aliphatic heterocycles. The van der Waals surface area contributed by atoms with Crippen molar-refractivity contribution in [1.82, 2.24) is 4.90 Å². The van der Waals surface area contributed by atoms with E-state index in [4.69, 9.17) is 4.74 Å². The molecule has 3 heteroatoms. The summed E-state index contributed by atoms with van der Waals surface area (Å²) in [6.07, 6.45) is 0. The second-order valence-electron chi connectivity index (χ2n) is 4.75. The summed E-state index contributed by atoms with van der Waals surface area (Å²) in [5.74, 6) is 2.11. The van der Waals surface area contributed by atoms with Crippen molar-refractivity contribution < 1.29 is 4.74 Å². The number of thioether (sulfide) groups is 1. The largest absolute Gasteiger partial charge is 0.381 e. The van der Waals surface area contributed by atoms with E-state index in [-0.39, 0.29) is 0 Å². The van der Waals surface area contributed by atoms with Crippen LogP contribution in [0.1, 0.15) is 13.8 Å². The molecule has 0 aromatic rings. The summed E-state index contributed by atoms with van der Waals surface area (Å²) >= 11 is 2.10. The molecule has 0 saturated carbocycles. The van der Waals surface area contributed by atoms with Gasteiger partial charge in [-0.1, -0.05) is 0 Å². The molecule has 2 nitrogen and oxygen atoms in total. The standard InChI is InChI=1S/C10H19NOS/c1-10(2)8-11(3-4-13-10)5-9-6-12-7-9/h9H,3-8H2,1-2H3. The Hall–Kier alpha value is 0.270. The number of rotatable bonds is 2. The van der Waals surface area contributed by atoms with Crippen LogP contribution >= 0.6 is 11.8 Å². The zero-order valence-electron chi connectivity index (χ0n) is 8.58. The molecule has 0 atom stereocenters. The van der Waals surface area contributed by atoms with Crippen molar-refractivity contribution in [2.24, 2.45) is 5.92 Å².